The first kappa shape index (κ1) is 26.3. The molecule has 0 atom stereocenters. The molecule has 3 aromatic carbocycles. The number of aromatic nitrogens is 3. The van der Waals surface area contributed by atoms with Crippen LogP contribution in [-0.2, 0) is 6.61 Å². The molecule has 0 unspecified atom stereocenters. The van der Waals surface area contributed by atoms with Gasteiger partial charge >= 0.3 is 0 Å². The molecule has 0 saturated heterocycles. The predicted octanol–water partition coefficient (Wildman–Crippen LogP) is 6.18. The highest BCUT2D eigenvalue weighted by atomic mass is 32.2. The molecule has 0 bridgehead atoms. The molecule has 0 amide bonds. The molecular weight excluding hydrogens is 498 g/mol. The smallest absolute Gasteiger partial charge is 0.134 e. The van der Waals surface area contributed by atoms with Crippen LogP contribution in [0.25, 0.3) is 27.7 Å². The number of allylic oxidation sites excluding steroid dienone is 1. The van der Waals surface area contributed by atoms with Crippen LogP contribution in [0.2, 0.25) is 0 Å². The summed E-state index contributed by atoms with van der Waals surface area (Å²) in [6, 6.07) is 24.6. The van der Waals surface area contributed by atoms with Crippen LogP contribution in [0.15, 0.2) is 109 Å². The van der Waals surface area contributed by atoms with Crippen LogP contribution in [0.4, 0.5) is 0 Å². The Morgan fingerprint density at radius 2 is 1.71 bits per heavy atom. The van der Waals surface area contributed by atoms with Crippen LogP contribution in [0.1, 0.15) is 11.3 Å². The van der Waals surface area contributed by atoms with Crippen LogP contribution >= 0.6 is 12.0 Å². The Bertz CT molecular complexity index is 1540. The third-order valence-corrected chi connectivity index (χ3v) is 5.89. The van der Waals surface area contributed by atoms with E-state index in [-0.39, 0.29) is 5.75 Å². The number of ether oxygens (including phenoxy) is 1. The summed E-state index contributed by atoms with van der Waals surface area (Å²) in [6.07, 6.45) is 7.10. The Balaban J connectivity index is 0.000000186. The fourth-order valence-corrected chi connectivity index (χ4v) is 3.72. The second kappa shape index (κ2) is 13.0. The number of rotatable bonds is 7. The minimum atomic E-state index is 0.106. The van der Waals surface area contributed by atoms with Gasteiger partial charge in [0.2, 0.25) is 0 Å². The summed E-state index contributed by atoms with van der Waals surface area (Å²) in [4.78, 5) is 13.6. The summed E-state index contributed by atoms with van der Waals surface area (Å²) >= 11 is 0.736. The lowest BCUT2D eigenvalue weighted by molar-refractivity contribution is 0.306. The number of nitrogens with two attached hydrogens (primary N) is 1. The van der Waals surface area contributed by atoms with Crippen LogP contribution < -0.4 is 10.5 Å². The van der Waals surface area contributed by atoms with Crippen LogP contribution in [0.3, 0.4) is 0 Å². The van der Waals surface area contributed by atoms with Gasteiger partial charge in [0.1, 0.15) is 18.1 Å². The third kappa shape index (κ3) is 6.94. The van der Waals surface area contributed by atoms with Gasteiger partial charge in [-0.2, -0.15) is 0 Å². The first-order valence-corrected chi connectivity index (χ1v) is 12.3. The summed E-state index contributed by atoms with van der Waals surface area (Å²) < 4.78 is 14.4. The van der Waals surface area contributed by atoms with Gasteiger partial charge in [-0.3, -0.25) is 9.97 Å². The molecule has 8 nitrogen and oxygen atoms in total. The average Bonchev–Trinajstić information content (AvgIpc) is 2.97. The number of nitrogens with zero attached hydrogens (tertiary/aromatic N) is 3. The molecular formula is C29H25N5O3S. The van der Waals surface area contributed by atoms with Gasteiger partial charge in [0, 0.05) is 46.7 Å². The number of nitrogens with one attached hydrogen (secondary N) is 1. The molecule has 5 N–H and O–H groups in total. The van der Waals surface area contributed by atoms with Crippen LogP contribution in [-0.4, -0.2) is 30.8 Å². The number of pyridine rings is 1. The molecule has 0 fully saturated rings. The highest BCUT2D eigenvalue weighted by Gasteiger charge is 2.06. The molecule has 5 aromatic rings. The van der Waals surface area contributed by atoms with Crippen molar-refractivity contribution in [1.82, 2.24) is 15.0 Å². The van der Waals surface area contributed by atoms with E-state index in [1.54, 1.807) is 18.5 Å². The van der Waals surface area contributed by atoms with Crippen molar-refractivity contribution in [2.24, 2.45) is 5.73 Å². The van der Waals surface area contributed by atoms with Crippen molar-refractivity contribution in [2.45, 2.75) is 11.5 Å². The molecule has 0 saturated carbocycles. The SMILES string of the molecule is N=C/C(=C\N)c1cnc2ccc(-c3cncc(O)c3)cc2n1.OSc1ccc(OCc2ccccc2)cc1. The van der Waals surface area contributed by atoms with Gasteiger partial charge in [-0.05, 0) is 53.6 Å². The van der Waals surface area contributed by atoms with E-state index in [9.17, 15) is 5.11 Å². The molecule has 38 heavy (non-hydrogen) atoms. The summed E-state index contributed by atoms with van der Waals surface area (Å²) in [5, 5.41) is 16.9. The van der Waals surface area contributed by atoms with Crippen molar-refractivity contribution in [1.29, 1.82) is 5.41 Å². The molecule has 0 aliphatic carbocycles. The molecule has 2 aromatic heterocycles. The highest BCUT2D eigenvalue weighted by molar-refractivity contribution is 7.93. The van der Waals surface area contributed by atoms with Crippen LogP contribution in [0, 0.1) is 5.41 Å². The number of fused-ring (bicyclic) bond motifs is 1. The Morgan fingerprint density at radius 1 is 0.921 bits per heavy atom. The molecule has 2 heterocycles. The number of hydrogen-bond acceptors (Lipinski definition) is 9. The van der Waals surface area contributed by atoms with Crippen LogP contribution in [0.5, 0.6) is 11.5 Å². The summed E-state index contributed by atoms with van der Waals surface area (Å²) in [5.41, 5.74) is 10.7. The number of aromatic hydroxyl groups is 1. The van der Waals surface area contributed by atoms with E-state index >= 15 is 0 Å². The lowest BCUT2D eigenvalue weighted by Gasteiger charge is -2.06. The molecule has 0 aliphatic heterocycles. The first-order valence-electron chi connectivity index (χ1n) is 11.5. The first-order chi connectivity index (χ1) is 18.6. The zero-order valence-corrected chi connectivity index (χ0v) is 21.0. The quantitative estimate of drug-likeness (QED) is 0.147. The van der Waals surface area contributed by atoms with E-state index in [2.05, 4.69) is 15.0 Å². The molecule has 0 spiro atoms. The van der Waals surface area contributed by atoms with E-state index in [0.717, 1.165) is 51.1 Å². The molecule has 9 heteroatoms. The van der Waals surface area contributed by atoms with Gasteiger partial charge in [-0.25, -0.2) is 4.98 Å². The maximum atomic E-state index is 9.53. The second-order valence-electron chi connectivity index (χ2n) is 7.99. The lowest BCUT2D eigenvalue weighted by Crippen LogP contribution is -1.96. The highest BCUT2D eigenvalue weighted by Crippen LogP contribution is 2.25. The van der Waals surface area contributed by atoms with Gasteiger partial charge in [0.25, 0.3) is 0 Å². The Hall–Kier alpha value is -4.73. The van der Waals surface area contributed by atoms with Crippen molar-refractivity contribution in [3.8, 4) is 22.6 Å². The van der Waals surface area contributed by atoms with E-state index in [0.29, 0.717) is 23.4 Å². The van der Waals surface area contributed by atoms with Crippen molar-refractivity contribution >= 4 is 34.9 Å². The van der Waals surface area contributed by atoms with Gasteiger partial charge < -0.3 is 25.5 Å². The largest absolute Gasteiger partial charge is 0.506 e. The van der Waals surface area contributed by atoms with Crippen molar-refractivity contribution < 1.29 is 14.4 Å². The minimum absolute atomic E-state index is 0.106. The van der Waals surface area contributed by atoms with E-state index in [1.807, 2.05) is 72.8 Å². The molecule has 5 rings (SSSR count). The normalized spacial score (nSPS) is 10.9. The van der Waals surface area contributed by atoms with Gasteiger partial charge in [-0.15, -0.1) is 0 Å². The summed E-state index contributed by atoms with van der Waals surface area (Å²) in [7, 11) is 0. The van der Waals surface area contributed by atoms with Crippen molar-refractivity contribution in [3.05, 3.63) is 115 Å². The fourth-order valence-electron chi connectivity index (χ4n) is 3.46. The Kier molecular flexibility index (Phi) is 9.01. The maximum absolute atomic E-state index is 9.53. The molecule has 0 radical (unpaired) electrons. The van der Waals surface area contributed by atoms with Gasteiger partial charge in [-0.1, -0.05) is 36.4 Å². The van der Waals surface area contributed by atoms with Crippen molar-refractivity contribution in [3.63, 3.8) is 0 Å². The summed E-state index contributed by atoms with van der Waals surface area (Å²) in [5.74, 6) is 0.913. The maximum Gasteiger partial charge on any atom is 0.134 e. The van der Waals surface area contributed by atoms with Gasteiger partial charge in [0.05, 0.1) is 29.1 Å². The third-order valence-electron chi connectivity index (χ3n) is 5.41. The predicted molar refractivity (Wildman–Crippen MR) is 151 cm³/mol. The standard InChI is InChI=1S/C16H13N5O.C13H12O2S/c17-5-12(6-18)16-9-20-14-2-1-10(4-15(14)21-16)11-3-13(22)8-19-7-11;14-16-13-8-6-12(7-9-13)15-10-11-4-2-1-3-5-11/h1-9,17,22H,18H2;1-9,14H,10H2/b12-6+,17-5?;. The van der Waals surface area contributed by atoms with Crippen molar-refractivity contribution in [2.75, 3.05) is 0 Å². The number of benzene rings is 3. The Labute approximate surface area is 224 Å². The topological polar surface area (TPSA) is 138 Å². The van der Waals surface area contributed by atoms with E-state index in [1.165, 1.54) is 12.4 Å². The number of hydrogen-bond donors (Lipinski definition) is 4. The Morgan fingerprint density at radius 3 is 2.39 bits per heavy atom. The fraction of sp³-hybridized carbons (Fsp3) is 0.0345. The summed E-state index contributed by atoms with van der Waals surface area (Å²) in [6.45, 7) is 0.562. The monoisotopic (exact) mass is 523 g/mol. The average molecular weight is 524 g/mol. The zero-order valence-electron chi connectivity index (χ0n) is 20.2. The second-order valence-corrected chi connectivity index (χ2v) is 8.65. The lowest BCUT2D eigenvalue weighted by atomic mass is 10.1. The molecule has 0 aliphatic rings. The van der Waals surface area contributed by atoms with E-state index in [4.69, 9.17) is 20.4 Å². The molecule has 190 valence electrons. The van der Waals surface area contributed by atoms with E-state index < -0.39 is 0 Å². The van der Waals surface area contributed by atoms with Gasteiger partial charge in [0.15, 0.2) is 0 Å². The zero-order chi connectivity index (χ0) is 26.7. The minimum Gasteiger partial charge on any atom is -0.506 e.